The van der Waals surface area contributed by atoms with Crippen molar-refractivity contribution in [2.45, 2.75) is 18.7 Å². The second-order valence-electron chi connectivity index (χ2n) is 1.52. The molecule has 0 aromatic rings. The molecule has 1 fully saturated rings. The molecule has 0 spiro atoms. The molecule has 0 amide bonds. The lowest BCUT2D eigenvalue weighted by Crippen LogP contribution is -1.92. The summed E-state index contributed by atoms with van der Waals surface area (Å²) in [6.45, 7) is 0.282. The van der Waals surface area contributed by atoms with Gasteiger partial charge in [-0.2, -0.15) is 0 Å². The molecule has 7 heavy (non-hydrogen) atoms. The average molecular weight is 104 g/mol. The van der Waals surface area contributed by atoms with Gasteiger partial charge in [-0.3, -0.25) is 4.79 Å². The van der Waals surface area contributed by atoms with Crippen LogP contribution in [0.1, 0.15) is 6.42 Å². The maximum Gasteiger partial charge on any atom is 0.293 e. The molecule has 2 nitrogen and oxygen atoms in total. The highest BCUT2D eigenvalue weighted by atomic mass is 19.1. The SMILES string of the molecule is O=CO[C@@H]1C[C@@H]1F. The van der Waals surface area contributed by atoms with Crippen molar-refractivity contribution in [3.63, 3.8) is 0 Å². The van der Waals surface area contributed by atoms with Gasteiger partial charge in [-0.25, -0.2) is 4.39 Å². The fourth-order valence-corrected chi connectivity index (χ4v) is 0.356. The first-order valence-corrected chi connectivity index (χ1v) is 2.08. The molecule has 0 saturated heterocycles. The van der Waals surface area contributed by atoms with Crippen LogP contribution in [-0.2, 0) is 9.53 Å². The molecule has 1 aliphatic carbocycles. The molecule has 0 bridgehead atoms. The number of carbonyl (C=O) groups is 1. The summed E-state index contributed by atoms with van der Waals surface area (Å²) in [5.41, 5.74) is 0. The standard InChI is InChI=1S/C4H5FO2/c5-3-1-4(3)7-2-6/h2-4H,1H2/t3-,4+/m0/s1. The minimum absolute atomic E-state index is 0.282. The molecule has 2 atom stereocenters. The summed E-state index contributed by atoms with van der Waals surface area (Å²) >= 11 is 0. The molecule has 0 heterocycles. The van der Waals surface area contributed by atoms with Crippen molar-refractivity contribution in [2.24, 2.45) is 0 Å². The molecule has 0 aromatic heterocycles. The Morgan fingerprint density at radius 2 is 2.43 bits per heavy atom. The Kier molecular flexibility index (Phi) is 0.964. The summed E-state index contributed by atoms with van der Waals surface area (Å²) in [6, 6.07) is 0. The predicted octanol–water partition coefficient (Wildman–Crippen LogP) is 0.270. The van der Waals surface area contributed by atoms with Gasteiger partial charge in [0.2, 0.25) is 0 Å². The first-order valence-electron chi connectivity index (χ1n) is 2.08. The summed E-state index contributed by atoms with van der Waals surface area (Å²) in [5.74, 6) is 0. The first kappa shape index (κ1) is 4.56. The van der Waals surface area contributed by atoms with E-state index in [-0.39, 0.29) is 6.47 Å². The van der Waals surface area contributed by atoms with E-state index in [2.05, 4.69) is 4.74 Å². The molecular formula is C4H5FO2. The topological polar surface area (TPSA) is 26.3 Å². The summed E-state index contributed by atoms with van der Waals surface area (Å²) in [5, 5.41) is 0. The number of rotatable bonds is 2. The van der Waals surface area contributed by atoms with Gasteiger partial charge in [0.25, 0.3) is 6.47 Å². The summed E-state index contributed by atoms with van der Waals surface area (Å²) < 4.78 is 15.9. The number of ether oxygens (including phenoxy) is 1. The van der Waals surface area contributed by atoms with Crippen LogP contribution < -0.4 is 0 Å². The van der Waals surface area contributed by atoms with Gasteiger partial charge in [0.1, 0.15) is 12.3 Å². The number of halogens is 1. The highest BCUT2D eigenvalue weighted by Crippen LogP contribution is 2.27. The van der Waals surface area contributed by atoms with E-state index in [1.165, 1.54) is 0 Å². The van der Waals surface area contributed by atoms with Crippen LogP contribution >= 0.6 is 0 Å². The molecule has 0 aromatic carbocycles. The lowest BCUT2D eigenvalue weighted by Gasteiger charge is -1.85. The fraction of sp³-hybridized carbons (Fsp3) is 0.750. The molecule has 0 radical (unpaired) electrons. The van der Waals surface area contributed by atoms with E-state index in [0.29, 0.717) is 6.42 Å². The van der Waals surface area contributed by atoms with Gasteiger partial charge in [0.15, 0.2) is 0 Å². The molecule has 1 rings (SSSR count). The molecule has 0 aliphatic heterocycles. The van der Waals surface area contributed by atoms with E-state index in [9.17, 15) is 9.18 Å². The normalized spacial score (nSPS) is 37.3. The lowest BCUT2D eigenvalue weighted by atomic mass is 10.8. The molecule has 1 aliphatic rings. The first-order chi connectivity index (χ1) is 3.34. The molecule has 40 valence electrons. The Morgan fingerprint density at radius 3 is 2.57 bits per heavy atom. The highest BCUT2D eigenvalue weighted by molar-refractivity contribution is 5.38. The summed E-state index contributed by atoms with van der Waals surface area (Å²) in [7, 11) is 0. The Hall–Kier alpha value is -0.600. The molecular weight excluding hydrogens is 99.0 g/mol. The minimum Gasteiger partial charge on any atom is -0.461 e. The second kappa shape index (κ2) is 1.48. The second-order valence-corrected chi connectivity index (χ2v) is 1.52. The fourth-order valence-electron chi connectivity index (χ4n) is 0.356. The quantitative estimate of drug-likeness (QED) is 0.470. The van der Waals surface area contributed by atoms with Crippen molar-refractivity contribution in [1.29, 1.82) is 0 Å². The van der Waals surface area contributed by atoms with Crippen LogP contribution in [-0.4, -0.2) is 18.7 Å². The molecule has 0 unspecified atom stereocenters. The van der Waals surface area contributed by atoms with Crippen LogP contribution in [0.3, 0.4) is 0 Å². The zero-order valence-corrected chi connectivity index (χ0v) is 3.63. The number of hydrogen-bond donors (Lipinski definition) is 0. The van der Waals surface area contributed by atoms with Crippen molar-refractivity contribution in [3.05, 3.63) is 0 Å². The van der Waals surface area contributed by atoms with Crippen molar-refractivity contribution in [2.75, 3.05) is 0 Å². The molecule has 1 saturated carbocycles. The van der Waals surface area contributed by atoms with E-state index >= 15 is 0 Å². The Bertz CT molecular complexity index is 83.8. The van der Waals surface area contributed by atoms with Crippen molar-refractivity contribution in [3.8, 4) is 0 Å². The van der Waals surface area contributed by atoms with Gasteiger partial charge in [-0.15, -0.1) is 0 Å². The van der Waals surface area contributed by atoms with Gasteiger partial charge in [-0.1, -0.05) is 0 Å². The van der Waals surface area contributed by atoms with Crippen molar-refractivity contribution < 1.29 is 13.9 Å². The minimum atomic E-state index is -0.884. The monoisotopic (exact) mass is 104 g/mol. The van der Waals surface area contributed by atoms with E-state index in [1.54, 1.807) is 0 Å². The van der Waals surface area contributed by atoms with Crippen LogP contribution in [0.15, 0.2) is 0 Å². The largest absolute Gasteiger partial charge is 0.461 e. The van der Waals surface area contributed by atoms with E-state index in [0.717, 1.165) is 0 Å². The van der Waals surface area contributed by atoms with Crippen LogP contribution in [0.4, 0.5) is 4.39 Å². The average Bonchev–Trinajstić information content (AvgIpc) is 2.22. The van der Waals surface area contributed by atoms with E-state index in [1.807, 2.05) is 0 Å². The highest BCUT2D eigenvalue weighted by Gasteiger charge is 2.39. The number of hydrogen-bond acceptors (Lipinski definition) is 2. The van der Waals surface area contributed by atoms with Crippen LogP contribution in [0.2, 0.25) is 0 Å². The third kappa shape index (κ3) is 0.885. The Balaban J connectivity index is 2.08. The Labute approximate surface area is 40.3 Å². The zero-order chi connectivity index (χ0) is 5.28. The van der Waals surface area contributed by atoms with Gasteiger partial charge >= 0.3 is 0 Å². The number of carbonyl (C=O) groups excluding carboxylic acids is 1. The lowest BCUT2D eigenvalue weighted by molar-refractivity contribution is -0.130. The van der Waals surface area contributed by atoms with Gasteiger partial charge in [-0.05, 0) is 0 Å². The van der Waals surface area contributed by atoms with Crippen molar-refractivity contribution in [1.82, 2.24) is 0 Å². The smallest absolute Gasteiger partial charge is 0.293 e. The summed E-state index contributed by atoms with van der Waals surface area (Å²) in [6.07, 6.45) is -0.915. The third-order valence-electron chi connectivity index (χ3n) is 0.888. The van der Waals surface area contributed by atoms with Gasteiger partial charge in [0.05, 0.1) is 0 Å². The Morgan fingerprint density at radius 1 is 1.86 bits per heavy atom. The van der Waals surface area contributed by atoms with Crippen LogP contribution in [0.25, 0.3) is 0 Å². The van der Waals surface area contributed by atoms with Crippen molar-refractivity contribution >= 4 is 6.47 Å². The summed E-state index contributed by atoms with van der Waals surface area (Å²) in [4.78, 5) is 9.41. The third-order valence-corrected chi connectivity index (χ3v) is 0.888. The van der Waals surface area contributed by atoms with E-state index in [4.69, 9.17) is 0 Å². The zero-order valence-electron chi connectivity index (χ0n) is 3.63. The predicted molar refractivity (Wildman–Crippen MR) is 20.4 cm³/mol. The molecule has 0 N–H and O–H groups in total. The number of alkyl halides is 1. The van der Waals surface area contributed by atoms with Gasteiger partial charge in [0, 0.05) is 6.42 Å². The van der Waals surface area contributed by atoms with Crippen LogP contribution in [0, 0.1) is 0 Å². The maximum absolute atomic E-state index is 11.7. The maximum atomic E-state index is 11.7. The van der Waals surface area contributed by atoms with Gasteiger partial charge < -0.3 is 4.74 Å². The molecule has 3 heteroatoms. The van der Waals surface area contributed by atoms with E-state index < -0.39 is 12.3 Å². The van der Waals surface area contributed by atoms with Crippen LogP contribution in [0.5, 0.6) is 0 Å².